The van der Waals surface area contributed by atoms with E-state index in [9.17, 15) is 4.79 Å². The van der Waals surface area contributed by atoms with Crippen LogP contribution in [0.15, 0.2) is 18.7 Å². The minimum Gasteiger partial charge on any atom is -0.339 e. The van der Waals surface area contributed by atoms with E-state index in [1.54, 1.807) is 17.3 Å². The quantitative estimate of drug-likeness (QED) is 0.767. The van der Waals surface area contributed by atoms with Crippen molar-refractivity contribution in [3.05, 3.63) is 24.3 Å². The maximum Gasteiger partial charge on any atom is 0.256 e. The van der Waals surface area contributed by atoms with Crippen LogP contribution < -0.4 is 0 Å². The minimum absolute atomic E-state index is 0.000880. The first-order valence-electron chi connectivity index (χ1n) is 4.89. The molecule has 1 heterocycles. The van der Waals surface area contributed by atoms with Crippen LogP contribution in [0.5, 0.6) is 0 Å². The Balaban J connectivity index is 2.65. The Morgan fingerprint density at radius 1 is 1.47 bits per heavy atom. The molecule has 0 aromatic carbocycles. The van der Waals surface area contributed by atoms with Gasteiger partial charge in [-0.2, -0.15) is 0 Å². The van der Waals surface area contributed by atoms with Gasteiger partial charge in [0.05, 0.1) is 5.56 Å². The number of nitrogens with zero attached hydrogens (tertiary/aromatic N) is 3. The Morgan fingerprint density at radius 3 is 2.67 bits per heavy atom. The van der Waals surface area contributed by atoms with Crippen molar-refractivity contribution in [2.45, 2.75) is 13.3 Å². The van der Waals surface area contributed by atoms with Gasteiger partial charge in [0.25, 0.3) is 5.91 Å². The van der Waals surface area contributed by atoms with Crippen molar-refractivity contribution < 1.29 is 4.79 Å². The number of amides is 1. The zero-order valence-electron chi connectivity index (χ0n) is 8.69. The summed E-state index contributed by atoms with van der Waals surface area (Å²) in [6.07, 6.45) is 5.47. The highest BCUT2D eigenvalue weighted by atomic mass is 79.9. The molecule has 0 atom stereocenters. The summed E-state index contributed by atoms with van der Waals surface area (Å²) in [7, 11) is 0. The summed E-state index contributed by atoms with van der Waals surface area (Å²) in [5, 5.41) is 0.905. The average Bonchev–Trinajstić information content (AvgIpc) is 2.31. The Kier molecular flexibility index (Phi) is 5.25. The first-order valence-corrected chi connectivity index (χ1v) is 6.02. The van der Waals surface area contributed by atoms with E-state index in [4.69, 9.17) is 0 Å². The van der Waals surface area contributed by atoms with Crippen molar-refractivity contribution in [1.29, 1.82) is 0 Å². The van der Waals surface area contributed by atoms with Gasteiger partial charge in [0.2, 0.25) is 0 Å². The first-order chi connectivity index (χ1) is 7.29. The van der Waals surface area contributed by atoms with Gasteiger partial charge in [-0.3, -0.25) is 4.79 Å². The van der Waals surface area contributed by atoms with Crippen LogP contribution in [0.4, 0.5) is 0 Å². The number of alkyl halides is 1. The van der Waals surface area contributed by atoms with Crippen molar-refractivity contribution in [2.75, 3.05) is 18.4 Å². The van der Waals surface area contributed by atoms with Gasteiger partial charge < -0.3 is 4.90 Å². The number of carbonyl (C=O) groups excluding carboxylic acids is 1. The van der Waals surface area contributed by atoms with E-state index in [0.717, 1.165) is 18.3 Å². The highest BCUT2D eigenvalue weighted by molar-refractivity contribution is 9.09. The molecular weight excluding hydrogens is 258 g/mol. The lowest BCUT2D eigenvalue weighted by atomic mass is 10.3. The molecule has 0 bridgehead atoms. The van der Waals surface area contributed by atoms with Gasteiger partial charge in [0.15, 0.2) is 0 Å². The third-order valence-electron chi connectivity index (χ3n) is 2.04. The van der Waals surface area contributed by atoms with Crippen LogP contribution in [0.2, 0.25) is 0 Å². The average molecular weight is 272 g/mol. The summed E-state index contributed by atoms with van der Waals surface area (Å²) in [5.74, 6) is -0.000880. The predicted octanol–water partition coefficient (Wildman–Crippen LogP) is 1.72. The van der Waals surface area contributed by atoms with Crippen molar-refractivity contribution in [2.24, 2.45) is 0 Å². The van der Waals surface area contributed by atoms with E-state index in [0.29, 0.717) is 12.1 Å². The normalized spacial score (nSPS) is 10.0. The smallest absolute Gasteiger partial charge is 0.256 e. The number of hydrogen-bond acceptors (Lipinski definition) is 3. The van der Waals surface area contributed by atoms with Gasteiger partial charge >= 0.3 is 0 Å². The molecular formula is C10H14BrN3O. The van der Waals surface area contributed by atoms with Crippen LogP contribution >= 0.6 is 15.9 Å². The fourth-order valence-electron chi connectivity index (χ4n) is 1.25. The highest BCUT2D eigenvalue weighted by Gasteiger charge is 2.13. The SMILES string of the molecule is CCN(CCCBr)C(=O)c1cncnc1. The summed E-state index contributed by atoms with van der Waals surface area (Å²) in [6.45, 7) is 3.44. The second kappa shape index (κ2) is 6.50. The number of aromatic nitrogens is 2. The standard InChI is InChI=1S/C10H14BrN3O/c1-2-14(5-3-4-11)10(15)9-6-12-8-13-7-9/h6-8H,2-5H2,1H3. The molecule has 0 unspecified atom stereocenters. The van der Waals surface area contributed by atoms with Gasteiger partial charge in [0.1, 0.15) is 6.33 Å². The molecule has 0 spiro atoms. The molecule has 0 N–H and O–H groups in total. The van der Waals surface area contributed by atoms with Crippen LogP contribution in [0.3, 0.4) is 0 Å². The predicted molar refractivity (Wildman–Crippen MR) is 62.0 cm³/mol. The molecule has 0 fully saturated rings. The molecule has 0 saturated heterocycles. The molecule has 15 heavy (non-hydrogen) atoms. The van der Waals surface area contributed by atoms with E-state index in [1.807, 2.05) is 6.92 Å². The molecule has 0 radical (unpaired) electrons. The second-order valence-corrected chi connectivity index (χ2v) is 3.85. The summed E-state index contributed by atoms with van der Waals surface area (Å²) >= 11 is 3.35. The number of rotatable bonds is 5. The lowest BCUT2D eigenvalue weighted by Crippen LogP contribution is -2.32. The molecule has 1 aromatic heterocycles. The molecule has 1 amide bonds. The van der Waals surface area contributed by atoms with Crippen LogP contribution in [0.1, 0.15) is 23.7 Å². The second-order valence-electron chi connectivity index (χ2n) is 3.05. The Morgan fingerprint density at radius 2 is 2.13 bits per heavy atom. The van der Waals surface area contributed by atoms with Crippen molar-refractivity contribution in [3.63, 3.8) is 0 Å². The lowest BCUT2D eigenvalue weighted by Gasteiger charge is -2.19. The molecule has 0 aliphatic carbocycles. The molecule has 0 aliphatic rings. The Bertz CT molecular complexity index is 305. The van der Waals surface area contributed by atoms with Crippen molar-refractivity contribution in [3.8, 4) is 0 Å². The molecule has 5 heteroatoms. The molecule has 1 aromatic rings. The zero-order chi connectivity index (χ0) is 11.1. The molecule has 0 aliphatic heterocycles. The Labute approximate surface area is 97.8 Å². The lowest BCUT2D eigenvalue weighted by molar-refractivity contribution is 0.0764. The van der Waals surface area contributed by atoms with Crippen molar-refractivity contribution >= 4 is 21.8 Å². The number of hydrogen-bond donors (Lipinski definition) is 0. The summed E-state index contributed by atoms with van der Waals surface area (Å²) in [6, 6.07) is 0. The maximum absolute atomic E-state index is 11.9. The van der Waals surface area contributed by atoms with Gasteiger partial charge in [-0.1, -0.05) is 15.9 Å². The van der Waals surface area contributed by atoms with E-state index in [-0.39, 0.29) is 5.91 Å². The number of carbonyl (C=O) groups is 1. The van der Waals surface area contributed by atoms with Crippen LogP contribution in [0, 0.1) is 0 Å². The van der Waals surface area contributed by atoms with E-state index >= 15 is 0 Å². The van der Waals surface area contributed by atoms with Gasteiger partial charge in [-0.15, -0.1) is 0 Å². The fraction of sp³-hybridized carbons (Fsp3) is 0.500. The summed E-state index contributed by atoms with van der Waals surface area (Å²) < 4.78 is 0. The fourth-order valence-corrected chi connectivity index (χ4v) is 1.50. The first kappa shape index (κ1) is 12.1. The third kappa shape index (κ3) is 3.58. The van der Waals surface area contributed by atoms with Crippen molar-refractivity contribution in [1.82, 2.24) is 14.9 Å². The van der Waals surface area contributed by atoms with E-state index in [2.05, 4.69) is 25.9 Å². The molecule has 4 nitrogen and oxygen atoms in total. The minimum atomic E-state index is -0.000880. The maximum atomic E-state index is 11.9. The third-order valence-corrected chi connectivity index (χ3v) is 2.60. The van der Waals surface area contributed by atoms with Gasteiger partial charge in [0, 0.05) is 30.8 Å². The van der Waals surface area contributed by atoms with Crippen LogP contribution in [-0.2, 0) is 0 Å². The zero-order valence-corrected chi connectivity index (χ0v) is 10.3. The highest BCUT2D eigenvalue weighted by Crippen LogP contribution is 2.03. The Hall–Kier alpha value is -0.970. The van der Waals surface area contributed by atoms with Gasteiger partial charge in [-0.05, 0) is 13.3 Å². The van der Waals surface area contributed by atoms with Crippen LogP contribution in [-0.4, -0.2) is 39.2 Å². The summed E-state index contributed by atoms with van der Waals surface area (Å²) in [4.78, 5) is 21.4. The van der Waals surface area contributed by atoms with Gasteiger partial charge in [-0.25, -0.2) is 9.97 Å². The van der Waals surface area contributed by atoms with Crippen LogP contribution in [0.25, 0.3) is 0 Å². The largest absolute Gasteiger partial charge is 0.339 e. The van der Waals surface area contributed by atoms with E-state index < -0.39 is 0 Å². The van der Waals surface area contributed by atoms with E-state index in [1.165, 1.54) is 6.33 Å². The molecule has 0 saturated carbocycles. The molecule has 1 rings (SSSR count). The number of halogens is 1. The molecule has 82 valence electrons. The monoisotopic (exact) mass is 271 g/mol. The summed E-state index contributed by atoms with van der Waals surface area (Å²) in [5.41, 5.74) is 0.550. The topological polar surface area (TPSA) is 46.1 Å².